The molecule has 0 radical (unpaired) electrons. The monoisotopic (exact) mass is 641 g/mol. The minimum Gasteiger partial charge on any atom is -0.505 e. The molecule has 13 nitrogen and oxygen atoms in total. The molecule has 3 aliphatic carbocycles. The van der Waals surface area contributed by atoms with E-state index in [1.165, 1.54) is 24.6 Å². The minimum absolute atomic E-state index is 0.0142. The topological polar surface area (TPSA) is 226 Å². The molecule has 6 rings (SSSR count). The standard InChI is InChI=1S/C34H39N7O6/c1-40(2)28-27(44)23(31(36)47)29(45)33(17-35)30(46)24-26(43)22-19(14-32(24,37)16-34(28,33)38)8-9-21(25(22)42)39-20-10-12-41(13-11-20)15-18-6-4-3-5-7-18/h3-9,20,23-24,28,39,42H,10-16,37-38H2,1-2H3,(H2,36,47)/t23?,24?,28-,32-,33+,34-/m1/s1. The molecule has 0 spiro atoms. The molecule has 13 heteroatoms. The SMILES string of the molecule is CN(C)[C@@H]1C(=O)C(C(N)=O)C(=O)[C@@]2(C#N)C(=O)C3C(=O)c4c(ccc(NC5CCN(Cc6ccccc6)CC5)c4O)C[C@@]3(N)C[C@@]12N. The smallest absolute Gasteiger partial charge is 0.235 e. The molecule has 1 saturated heterocycles. The maximum absolute atomic E-state index is 14.5. The number of likely N-dealkylation sites (tertiary alicyclic amines) is 1. The summed E-state index contributed by atoms with van der Waals surface area (Å²) < 4.78 is 0. The van der Waals surface area contributed by atoms with E-state index in [0.29, 0.717) is 11.3 Å². The highest BCUT2D eigenvalue weighted by molar-refractivity contribution is 6.33. The molecule has 47 heavy (non-hydrogen) atoms. The molecule has 2 aromatic carbocycles. The molecule has 2 aromatic rings. The first-order valence-electron chi connectivity index (χ1n) is 15.7. The second-order valence-electron chi connectivity index (χ2n) is 13.8. The highest BCUT2D eigenvalue weighted by atomic mass is 16.3. The van der Waals surface area contributed by atoms with Gasteiger partial charge < -0.3 is 27.6 Å². The molecule has 246 valence electrons. The summed E-state index contributed by atoms with van der Waals surface area (Å²) in [5.41, 5.74) is 14.3. The fourth-order valence-electron chi connectivity index (χ4n) is 8.61. The van der Waals surface area contributed by atoms with Gasteiger partial charge in [-0.2, -0.15) is 5.26 Å². The van der Waals surface area contributed by atoms with Crippen LogP contribution in [-0.4, -0.2) is 94.3 Å². The number of Topliss-reactive ketones (excluding diaryl/α,β-unsaturated/α-hetero) is 4. The van der Waals surface area contributed by atoms with Crippen molar-refractivity contribution in [2.24, 2.45) is 34.5 Å². The van der Waals surface area contributed by atoms with E-state index in [4.69, 9.17) is 17.2 Å². The number of hydrogen-bond acceptors (Lipinski definition) is 12. The maximum atomic E-state index is 14.5. The number of nitrogens with zero attached hydrogens (tertiary/aromatic N) is 3. The van der Waals surface area contributed by atoms with Gasteiger partial charge in [0.05, 0.1) is 28.9 Å². The molecule has 1 amide bonds. The van der Waals surface area contributed by atoms with E-state index in [1.54, 1.807) is 18.2 Å². The fraction of sp³-hybridized carbons (Fsp3) is 0.471. The van der Waals surface area contributed by atoms with Crippen molar-refractivity contribution in [1.29, 1.82) is 5.26 Å². The van der Waals surface area contributed by atoms with E-state index in [-0.39, 0.29) is 23.8 Å². The summed E-state index contributed by atoms with van der Waals surface area (Å²) in [7, 11) is 2.93. The molecule has 3 fully saturated rings. The van der Waals surface area contributed by atoms with Crippen molar-refractivity contribution in [3.05, 3.63) is 59.2 Å². The molecule has 2 saturated carbocycles. The third kappa shape index (κ3) is 4.70. The minimum atomic E-state index is -2.77. The summed E-state index contributed by atoms with van der Waals surface area (Å²) in [5.74, 6) is -9.84. The molecule has 4 aliphatic rings. The van der Waals surface area contributed by atoms with Crippen LogP contribution >= 0.6 is 0 Å². The Hall–Kier alpha value is -4.48. The average molecular weight is 642 g/mol. The summed E-state index contributed by atoms with van der Waals surface area (Å²) in [4.78, 5) is 72.2. The van der Waals surface area contributed by atoms with E-state index in [1.807, 2.05) is 18.2 Å². The lowest BCUT2D eigenvalue weighted by Gasteiger charge is -2.60. The van der Waals surface area contributed by atoms with E-state index >= 15 is 0 Å². The number of phenols is 1. The van der Waals surface area contributed by atoms with E-state index < -0.39 is 69.8 Å². The predicted molar refractivity (Wildman–Crippen MR) is 170 cm³/mol. The summed E-state index contributed by atoms with van der Waals surface area (Å²) in [6.07, 6.45) is 1.05. The van der Waals surface area contributed by atoms with Crippen LogP contribution in [0.2, 0.25) is 0 Å². The van der Waals surface area contributed by atoms with Crippen molar-refractivity contribution in [2.75, 3.05) is 32.5 Å². The highest BCUT2D eigenvalue weighted by Crippen LogP contribution is 2.56. The van der Waals surface area contributed by atoms with Crippen LogP contribution in [0.3, 0.4) is 0 Å². The Balaban J connectivity index is 1.32. The van der Waals surface area contributed by atoms with Crippen LogP contribution in [0.4, 0.5) is 5.69 Å². The van der Waals surface area contributed by atoms with Gasteiger partial charge in [-0.1, -0.05) is 36.4 Å². The van der Waals surface area contributed by atoms with Crippen molar-refractivity contribution in [1.82, 2.24) is 9.80 Å². The second kappa shape index (κ2) is 11.3. The number of nitrogens with one attached hydrogen (secondary N) is 1. The van der Waals surface area contributed by atoms with Crippen molar-refractivity contribution >= 4 is 34.7 Å². The Kier molecular flexibility index (Phi) is 7.83. The molecule has 1 aliphatic heterocycles. The van der Waals surface area contributed by atoms with Crippen LogP contribution in [0.1, 0.15) is 40.7 Å². The quantitative estimate of drug-likeness (QED) is 0.206. The van der Waals surface area contributed by atoms with Crippen molar-refractivity contribution in [3.8, 4) is 11.8 Å². The van der Waals surface area contributed by atoms with Gasteiger partial charge in [0.2, 0.25) is 5.91 Å². The van der Waals surface area contributed by atoms with Gasteiger partial charge in [-0.15, -0.1) is 0 Å². The summed E-state index contributed by atoms with van der Waals surface area (Å²) >= 11 is 0. The molecular weight excluding hydrogens is 602 g/mol. The molecular formula is C34H39N7O6. The number of likely N-dealkylation sites (N-methyl/N-ethyl adjacent to an activating group) is 1. The summed E-state index contributed by atoms with van der Waals surface area (Å²) in [6, 6.07) is 13.8. The number of primary amides is 1. The lowest BCUT2D eigenvalue weighted by atomic mass is 9.43. The number of amides is 1. The van der Waals surface area contributed by atoms with Gasteiger partial charge in [0.25, 0.3) is 0 Å². The van der Waals surface area contributed by atoms with E-state index in [9.17, 15) is 34.3 Å². The first-order chi connectivity index (χ1) is 22.2. The van der Waals surface area contributed by atoms with Crippen LogP contribution in [0.15, 0.2) is 42.5 Å². The normalized spacial score (nSPS) is 32.7. The largest absolute Gasteiger partial charge is 0.505 e. The highest BCUT2D eigenvalue weighted by Gasteiger charge is 2.78. The van der Waals surface area contributed by atoms with E-state index in [0.717, 1.165) is 32.5 Å². The number of ketones is 4. The second-order valence-corrected chi connectivity index (χ2v) is 13.8. The number of aromatic hydroxyl groups is 1. The van der Waals surface area contributed by atoms with Crippen molar-refractivity contribution < 1.29 is 29.1 Å². The van der Waals surface area contributed by atoms with Gasteiger partial charge in [0, 0.05) is 31.2 Å². The number of nitrogens with two attached hydrogens (primary N) is 3. The molecule has 8 N–H and O–H groups in total. The molecule has 0 aromatic heterocycles. The van der Waals surface area contributed by atoms with Crippen LogP contribution in [0, 0.1) is 28.6 Å². The van der Waals surface area contributed by atoms with Crippen LogP contribution in [0.25, 0.3) is 0 Å². The molecule has 6 atom stereocenters. The van der Waals surface area contributed by atoms with Crippen LogP contribution in [0.5, 0.6) is 5.75 Å². The number of benzene rings is 2. The first kappa shape index (κ1) is 32.5. The number of nitriles is 1. The molecule has 0 bridgehead atoms. The predicted octanol–water partition coefficient (Wildman–Crippen LogP) is -0.115. The molecule has 1 heterocycles. The Morgan fingerprint density at radius 3 is 2.32 bits per heavy atom. The van der Waals surface area contributed by atoms with Gasteiger partial charge in [-0.25, -0.2) is 0 Å². The lowest BCUT2D eigenvalue weighted by molar-refractivity contribution is -0.166. The van der Waals surface area contributed by atoms with Gasteiger partial charge in [-0.05, 0) is 57.0 Å². The Morgan fingerprint density at radius 2 is 1.72 bits per heavy atom. The third-order valence-corrected chi connectivity index (χ3v) is 10.7. The average Bonchev–Trinajstić information content (AvgIpc) is 2.99. The van der Waals surface area contributed by atoms with Gasteiger partial charge in [0.15, 0.2) is 34.5 Å². The summed E-state index contributed by atoms with van der Waals surface area (Å²) in [5, 5.41) is 25.3. The van der Waals surface area contributed by atoms with Gasteiger partial charge >= 0.3 is 0 Å². The number of phenolic OH excluding ortho intramolecular Hbond substituents is 1. The molecule has 2 unspecified atom stereocenters. The van der Waals surface area contributed by atoms with Crippen molar-refractivity contribution in [2.45, 2.75) is 55.4 Å². The van der Waals surface area contributed by atoms with Gasteiger partial charge in [0.1, 0.15) is 11.7 Å². The van der Waals surface area contributed by atoms with Crippen LogP contribution in [-0.2, 0) is 32.1 Å². The maximum Gasteiger partial charge on any atom is 0.235 e. The van der Waals surface area contributed by atoms with Crippen molar-refractivity contribution in [3.63, 3.8) is 0 Å². The Morgan fingerprint density at radius 1 is 1.06 bits per heavy atom. The number of carbonyl (C=O) groups excluding carboxylic acids is 5. The number of anilines is 1. The zero-order chi connectivity index (χ0) is 34.1. The number of hydrogen-bond donors (Lipinski definition) is 5. The zero-order valence-electron chi connectivity index (χ0n) is 26.4. The zero-order valence-corrected chi connectivity index (χ0v) is 26.4. The summed E-state index contributed by atoms with van der Waals surface area (Å²) in [6.45, 7) is 2.50. The first-order valence-corrected chi connectivity index (χ1v) is 15.7. The Bertz CT molecular complexity index is 1730. The van der Waals surface area contributed by atoms with E-state index in [2.05, 4.69) is 22.3 Å². The lowest BCUT2D eigenvalue weighted by Crippen LogP contribution is -2.85. The number of carbonyl (C=O) groups is 5. The fourth-order valence-corrected chi connectivity index (χ4v) is 8.61. The van der Waals surface area contributed by atoms with Crippen LogP contribution < -0.4 is 22.5 Å². The Labute approximate surface area is 272 Å². The number of fused-ring (bicyclic) bond motifs is 3. The van der Waals surface area contributed by atoms with Gasteiger partial charge in [-0.3, -0.25) is 33.8 Å². The third-order valence-electron chi connectivity index (χ3n) is 10.7. The number of piperidine rings is 1. The number of rotatable bonds is 6.